The first kappa shape index (κ1) is 12.1. The minimum atomic E-state index is -4.02. The van der Waals surface area contributed by atoms with Crippen LogP contribution in [0.25, 0.3) is 0 Å². The van der Waals surface area contributed by atoms with Crippen molar-refractivity contribution in [2.45, 2.75) is 0 Å². The Morgan fingerprint density at radius 3 is 2.07 bits per heavy atom. The Morgan fingerprint density at radius 2 is 1.67 bits per heavy atom. The zero-order valence-corrected chi connectivity index (χ0v) is 8.67. The van der Waals surface area contributed by atoms with Gasteiger partial charge in [0.25, 0.3) is 0 Å². The number of anilines is 1. The average Bonchev–Trinajstić information content (AvgIpc) is 2.11. The van der Waals surface area contributed by atoms with Gasteiger partial charge in [-0.1, -0.05) is 0 Å². The van der Waals surface area contributed by atoms with Crippen LogP contribution in [-0.2, 0) is 10.0 Å². The first-order chi connectivity index (χ1) is 6.85. The maximum Gasteiger partial charge on any atom is 0.246 e. The van der Waals surface area contributed by atoms with E-state index >= 15 is 0 Å². The van der Waals surface area contributed by atoms with Crippen molar-refractivity contribution in [3.63, 3.8) is 0 Å². The maximum absolute atomic E-state index is 12.9. The molecule has 0 radical (unpaired) electrons. The number of benzene rings is 1. The molecular formula is C7H5ClF3NO2S. The number of alkyl halides is 1. The predicted octanol–water partition coefficient (Wildman–Crippen LogP) is 2.04. The molecule has 0 amide bonds. The fourth-order valence-corrected chi connectivity index (χ4v) is 1.55. The zero-order chi connectivity index (χ0) is 11.6. The number of sulfonamides is 1. The van der Waals surface area contributed by atoms with Crippen LogP contribution in [0.1, 0.15) is 0 Å². The summed E-state index contributed by atoms with van der Waals surface area (Å²) >= 11 is 5.01. The van der Waals surface area contributed by atoms with Crippen LogP contribution in [0.15, 0.2) is 12.1 Å². The van der Waals surface area contributed by atoms with Crippen molar-refractivity contribution < 1.29 is 21.6 Å². The summed E-state index contributed by atoms with van der Waals surface area (Å²) in [5.74, 6) is -3.83. The molecule has 1 aromatic rings. The van der Waals surface area contributed by atoms with Gasteiger partial charge in [-0.25, -0.2) is 21.6 Å². The van der Waals surface area contributed by atoms with Crippen molar-refractivity contribution in [1.82, 2.24) is 0 Å². The van der Waals surface area contributed by atoms with E-state index in [0.29, 0.717) is 12.1 Å². The van der Waals surface area contributed by atoms with Gasteiger partial charge in [0.15, 0.2) is 11.6 Å². The molecule has 0 aliphatic carbocycles. The first-order valence-corrected chi connectivity index (χ1v) is 5.75. The molecule has 0 unspecified atom stereocenters. The standard InChI is InChI=1S/C7H5ClF3NO2S/c8-3-15(13,14)12-7-5(10)1-4(9)2-6(7)11/h1-2,12H,3H2. The van der Waals surface area contributed by atoms with E-state index in [4.69, 9.17) is 11.6 Å². The SMILES string of the molecule is O=S(=O)(CCl)Nc1c(F)cc(F)cc1F. The van der Waals surface area contributed by atoms with E-state index in [2.05, 4.69) is 0 Å². The van der Waals surface area contributed by atoms with Gasteiger partial charge in [-0.3, -0.25) is 4.72 Å². The molecule has 0 aromatic heterocycles. The molecule has 0 saturated carbocycles. The van der Waals surface area contributed by atoms with Crippen LogP contribution in [0.3, 0.4) is 0 Å². The van der Waals surface area contributed by atoms with Gasteiger partial charge in [-0.15, -0.1) is 11.6 Å². The van der Waals surface area contributed by atoms with Crippen LogP contribution in [0.2, 0.25) is 0 Å². The molecule has 0 atom stereocenters. The number of hydrogen-bond donors (Lipinski definition) is 1. The molecule has 1 aromatic carbocycles. The van der Waals surface area contributed by atoms with Gasteiger partial charge >= 0.3 is 0 Å². The highest BCUT2D eigenvalue weighted by Crippen LogP contribution is 2.21. The monoisotopic (exact) mass is 259 g/mol. The fraction of sp³-hybridized carbons (Fsp3) is 0.143. The summed E-state index contributed by atoms with van der Waals surface area (Å²) in [4.78, 5) is 0. The molecule has 1 N–H and O–H groups in total. The zero-order valence-electron chi connectivity index (χ0n) is 7.10. The molecule has 0 fully saturated rings. The van der Waals surface area contributed by atoms with Crippen molar-refractivity contribution >= 4 is 27.3 Å². The summed E-state index contributed by atoms with van der Waals surface area (Å²) in [6.07, 6.45) is 0. The third-order valence-electron chi connectivity index (χ3n) is 1.41. The second-order valence-electron chi connectivity index (χ2n) is 2.57. The van der Waals surface area contributed by atoms with Gasteiger partial charge in [0.05, 0.1) is 0 Å². The van der Waals surface area contributed by atoms with Gasteiger partial charge in [-0.2, -0.15) is 0 Å². The van der Waals surface area contributed by atoms with Crippen molar-refractivity contribution in [3.8, 4) is 0 Å². The third kappa shape index (κ3) is 3.00. The quantitative estimate of drug-likeness (QED) is 0.845. The van der Waals surface area contributed by atoms with Gasteiger partial charge in [0.1, 0.15) is 16.7 Å². The van der Waals surface area contributed by atoms with Crippen molar-refractivity contribution in [2.24, 2.45) is 0 Å². The lowest BCUT2D eigenvalue weighted by Gasteiger charge is -2.07. The molecule has 15 heavy (non-hydrogen) atoms. The molecule has 8 heteroatoms. The summed E-state index contributed by atoms with van der Waals surface area (Å²) < 4.78 is 61.6. The molecule has 84 valence electrons. The second-order valence-corrected chi connectivity index (χ2v) is 4.88. The Balaban J connectivity index is 3.17. The second kappa shape index (κ2) is 4.28. The smallest absolute Gasteiger partial charge is 0.246 e. The predicted molar refractivity (Wildman–Crippen MR) is 49.6 cm³/mol. The molecule has 0 aliphatic rings. The lowest BCUT2D eigenvalue weighted by atomic mass is 10.3. The summed E-state index contributed by atoms with van der Waals surface area (Å²) in [7, 11) is -4.02. The Hall–Kier alpha value is -0.950. The van der Waals surface area contributed by atoms with E-state index < -0.39 is 38.4 Å². The van der Waals surface area contributed by atoms with Crippen molar-refractivity contribution in [1.29, 1.82) is 0 Å². The van der Waals surface area contributed by atoms with Crippen LogP contribution in [0.4, 0.5) is 18.9 Å². The fourth-order valence-electron chi connectivity index (χ4n) is 0.822. The molecule has 0 heterocycles. The van der Waals surface area contributed by atoms with E-state index in [9.17, 15) is 21.6 Å². The van der Waals surface area contributed by atoms with E-state index in [1.807, 2.05) is 0 Å². The van der Waals surface area contributed by atoms with Crippen LogP contribution in [0.5, 0.6) is 0 Å². The average molecular weight is 260 g/mol. The summed E-state index contributed by atoms with van der Waals surface area (Å²) in [5, 5.41) is -0.858. The maximum atomic E-state index is 12.9. The minimum Gasteiger partial charge on any atom is -0.277 e. The highest BCUT2D eigenvalue weighted by atomic mass is 35.5. The van der Waals surface area contributed by atoms with Gasteiger partial charge in [0, 0.05) is 12.1 Å². The Labute approximate surface area is 88.9 Å². The van der Waals surface area contributed by atoms with E-state index in [-0.39, 0.29) is 0 Å². The molecule has 1 rings (SSSR count). The van der Waals surface area contributed by atoms with Crippen LogP contribution < -0.4 is 4.72 Å². The lowest BCUT2D eigenvalue weighted by molar-refractivity contribution is 0.547. The highest BCUT2D eigenvalue weighted by Gasteiger charge is 2.17. The topological polar surface area (TPSA) is 46.2 Å². The normalized spacial score (nSPS) is 11.5. The lowest BCUT2D eigenvalue weighted by Crippen LogP contribution is -2.15. The van der Waals surface area contributed by atoms with Crippen LogP contribution >= 0.6 is 11.6 Å². The Morgan fingerprint density at radius 1 is 1.20 bits per heavy atom. The minimum absolute atomic E-state index is 0.356. The summed E-state index contributed by atoms with van der Waals surface area (Å²) in [5.41, 5.74) is -0.947. The van der Waals surface area contributed by atoms with E-state index in [1.54, 1.807) is 4.72 Å². The van der Waals surface area contributed by atoms with E-state index in [0.717, 1.165) is 0 Å². The molecule has 0 spiro atoms. The third-order valence-corrected chi connectivity index (χ3v) is 3.07. The number of rotatable bonds is 3. The molecule has 0 bridgehead atoms. The Bertz CT molecular complexity index is 454. The van der Waals surface area contributed by atoms with Crippen LogP contribution in [0, 0.1) is 17.5 Å². The van der Waals surface area contributed by atoms with Gasteiger partial charge in [0.2, 0.25) is 10.0 Å². The van der Waals surface area contributed by atoms with Gasteiger partial charge < -0.3 is 0 Å². The van der Waals surface area contributed by atoms with Crippen molar-refractivity contribution in [2.75, 3.05) is 9.93 Å². The van der Waals surface area contributed by atoms with Gasteiger partial charge in [-0.05, 0) is 0 Å². The summed E-state index contributed by atoms with van der Waals surface area (Å²) in [6.45, 7) is 0. The molecule has 0 aliphatic heterocycles. The highest BCUT2D eigenvalue weighted by molar-refractivity contribution is 7.93. The van der Waals surface area contributed by atoms with Crippen molar-refractivity contribution in [3.05, 3.63) is 29.6 Å². The van der Waals surface area contributed by atoms with E-state index in [1.165, 1.54) is 0 Å². The number of hydrogen-bond acceptors (Lipinski definition) is 2. The number of halogens is 4. The number of nitrogens with one attached hydrogen (secondary N) is 1. The largest absolute Gasteiger partial charge is 0.277 e. The molecule has 3 nitrogen and oxygen atoms in total. The van der Waals surface area contributed by atoms with Crippen LogP contribution in [-0.4, -0.2) is 13.6 Å². The first-order valence-electron chi connectivity index (χ1n) is 3.57. The molecular weight excluding hydrogens is 255 g/mol. The summed E-state index contributed by atoms with van der Waals surface area (Å²) in [6, 6.07) is 0.713. The molecule has 0 saturated heterocycles. The Kier molecular flexibility index (Phi) is 3.46.